The number of aliphatic carboxylic acids is 1. The largest absolute Gasteiger partial charge is 0.481 e. The summed E-state index contributed by atoms with van der Waals surface area (Å²) in [6.45, 7) is 0.741. The number of carbonyl (C=O) groups is 1. The van der Waals surface area contributed by atoms with Crippen molar-refractivity contribution < 1.29 is 9.90 Å². The highest BCUT2D eigenvalue weighted by molar-refractivity contribution is 5.93. The van der Waals surface area contributed by atoms with E-state index in [4.69, 9.17) is 5.11 Å². The van der Waals surface area contributed by atoms with Crippen LogP contribution in [0, 0.1) is 11.8 Å². The van der Waals surface area contributed by atoms with E-state index in [0.29, 0.717) is 0 Å². The number of benzene rings is 1. The average Bonchev–Trinajstić information content (AvgIpc) is 3.08. The summed E-state index contributed by atoms with van der Waals surface area (Å²) < 4.78 is 2.08. The first-order chi connectivity index (χ1) is 8.66. The van der Waals surface area contributed by atoms with Crippen molar-refractivity contribution in [3.63, 3.8) is 0 Å². The molecule has 4 nitrogen and oxygen atoms in total. The molecule has 0 bridgehead atoms. The number of nitrogens with zero attached hydrogens (tertiary/aromatic N) is 1. The number of carboxylic acid groups (broad SMARTS) is 1. The maximum absolute atomic E-state index is 10.8. The lowest BCUT2D eigenvalue weighted by Gasteiger charge is -2.03. The third kappa shape index (κ3) is 1.83. The molecule has 1 aliphatic carbocycles. The Morgan fingerprint density at radius 1 is 1.50 bits per heavy atom. The van der Waals surface area contributed by atoms with Crippen LogP contribution >= 0.6 is 0 Å². The molecule has 1 aromatic heterocycles. The molecule has 1 aliphatic rings. The zero-order chi connectivity index (χ0) is 12.7. The van der Waals surface area contributed by atoms with E-state index in [1.807, 2.05) is 19.2 Å². The topological polar surface area (TPSA) is 54.3 Å². The predicted molar refractivity (Wildman–Crippen MR) is 70.6 cm³/mol. The van der Waals surface area contributed by atoms with Gasteiger partial charge in [-0.2, -0.15) is 0 Å². The fourth-order valence-corrected chi connectivity index (χ4v) is 2.50. The van der Waals surface area contributed by atoms with E-state index in [-0.39, 0.29) is 11.8 Å². The Morgan fingerprint density at radius 3 is 3.00 bits per heavy atom. The van der Waals surface area contributed by atoms with E-state index in [0.717, 1.165) is 18.7 Å². The molecule has 0 amide bonds. The molecule has 2 atom stereocenters. The molecule has 2 aromatic rings. The number of nitrogens with one attached hydrogen (secondary N) is 1. The summed E-state index contributed by atoms with van der Waals surface area (Å²) in [7, 11) is 2.02. The Balaban J connectivity index is 1.74. The van der Waals surface area contributed by atoms with Gasteiger partial charge in [0.1, 0.15) is 0 Å². The zero-order valence-electron chi connectivity index (χ0n) is 10.3. The van der Waals surface area contributed by atoms with Crippen LogP contribution in [0.5, 0.6) is 0 Å². The molecule has 1 saturated carbocycles. The number of rotatable bonds is 4. The van der Waals surface area contributed by atoms with Crippen LogP contribution in [0.3, 0.4) is 0 Å². The summed E-state index contributed by atoms with van der Waals surface area (Å²) in [4.78, 5) is 10.8. The van der Waals surface area contributed by atoms with E-state index in [1.165, 1.54) is 10.9 Å². The van der Waals surface area contributed by atoms with Gasteiger partial charge in [0.25, 0.3) is 0 Å². The van der Waals surface area contributed by atoms with Gasteiger partial charge in [0.05, 0.1) is 11.6 Å². The molecule has 2 unspecified atom stereocenters. The van der Waals surface area contributed by atoms with Gasteiger partial charge in [0, 0.05) is 30.7 Å². The van der Waals surface area contributed by atoms with E-state index < -0.39 is 5.97 Å². The Bertz CT molecular complexity index is 603. The van der Waals surface area contributed by atoms with Crippen LogP contribution in [0.2, 0.25) is 0 Å². The predicted octanol–water partition coefficient (Wildman–Crippen LogP) is 2.31. The molecule has 1 heterocycles. The van der Waals surface area contributed by atoms with E-state index in [9.17, 15) is 4.79 Å². The fraction of sp³-hybridized carbons (Fsp3) is 0.357. The lowest BCUT2D eigenvalue weighted by atomic mass is 10.2. The molecule has 0 aliphatic heterocycles. The van der Waals surface area contributed by atoms with Crippen LogP contribution in [0.4, 0.5) is 5.69 Å². The number of hydrogen-bond acceptors (Lipinski definition) is 2. The van der Waals surface area contributed by atoms with E-state index in [1.54, 1.807) is 0 Å². The lowest BCUT2D eigenvalue weighted by molar-refractivity contribution is -0.138. The maximum atomic E-state index is 10.8. The van der Waals surface area contributed by atoms with Gasteiger partial charge in [-0.15, -0.1) is 0 Å². The number of hydrogen-bond donors (Lipinski definition) is 2. The third-order valence-corrected chi connectivity index (χ3v) is 3.69. The molecule has 18 heavy (non-hydrogen) atoms. The molecule has 0 radical (unpaired) electrons. The minimum atomic E-state index is -0.667. The molecule has 2 N–H and O–H groups in total. The second-order valence-electron chi connectivity index (χ2n) is 4.99. The molecule has 4 heteroatoms. The molecule has 1 fully saturated rings. The summed E-state index contributed by atoms with van der Waals surface area (Å²) in [6.07, 6.45) is 2.86. The maximum Gasteiger partial charge on any atom is 0.306 e. The highest BCUT2D eigenvalue weighted by Gasteiger charge is 2.42. The number of anilines is 1. The van der Waals surface area contributed by atoms with Crippen molar-refractivity contribution in [2.75, 3.05) is 11.9 Å². The monoisotopic (exact) mass is 244 g/mol. The standard InChI is InChI=1S/C14H16N2O2/c1-16-8-12(10-4-2-3-5-13(10)16)15-7-9-6-11(9)14(17)18/h2-5,8-9,11,15H,6-7H2,1H3,(H,17,18). The Morgan fingerprint density at radius 2 is 2.28 bits per heavy atom. The van der Waals surface area contributed by atoms with Crippen molar-refractivity contribution in [3.05, 3.63) is 30.5 Å². The minimum absolute atomic E-state index is 0.146. The lowest BCUT2D eigenvalue weighted by Crippen LogP contribution is -2.08. The first kappa shape index (κ1) is 11.1. The van der Waals surface area contributed by atoms with Gasteiger partial charge < -0.3 is 15.0 Å². The summed E-state index contributed by atoms with van der Waals surface area (Å²) in [6, 6.07) is 8.20. The Labute approximate surface area is 105 Å². The second-order valence-corrected chi connectivity index (χ2v) is 4.99. The second kappa shape index (κ2) is 4.05. The van der Waals surface area contributed by atoms with Crippen molar-refractivity contribution in [1.29, 1.82) is 0 Å². The number of para-hydroxylation sites is 1. The Hall–Kier alpha value is -1.97. The van der Waals surface area contributed by atoms with Crippen LogP contribution in [0.15, 0.2) is 30.5 Å². The van der Waals surface area contributed by atoms with Crippen LogP contribution in [-0.2, 0) is 11.8 Å². The van der Waals surface area contributed by atoms with Gasteiger partial charge in [-0.05, 0) is 18.4 Å². The summed E-state index contributed by atoms with van der Waals surface area (Å²) >= 11 is 0. The minimum Gasteiger partial charge on any atom is -0.481 e. The molecule has 3 rings (SSSR count). The van der Waals surface area contributed by atoms with Gasteiger partial charge in [-0.25, -0.2) is 0 Å². The molecule has 0 spiro atoms. The van der Waals surface area contributed by atoms with Gasteiger partial charge >= 0.3 is 5.97 Å². The van der Waals surface area contributed by atoms with Crippen LogP contribution in [0.1, 0.15) is 6.42 Å². The SMILES string of the molecule is Cn1cc(NCC2CC2C(=O)O)c2ccccc21. The number of aromatic nitrogens is 1. The van der Waals surface area contributed by atoms with Crippen LogP contribution < -0.4 is 5.32 Å². The fourth-order valence-electron chi connectivity index (χ4n) is 2.50. The van der Waals surface area contributed by atoms with Crippen molar-refractivity contribution in [2.24, 2.45) is 18.9 Å². The third-order valence-electron chi connectivity index (χ3n) is 3.69. The summed E-state index contributed by atoms with van der Waals surface area (Å²) in [5.41, 5.74) is 2.27. The van der Waals surface area contributed by atoms with Gasteiger partial charge in [0.2, 0.25) is 0 Å². The quantitative estimate of drug-likeness (QED) is 0.867. The molecule has 0 saturated heterocycles. The van der Waals surface area contributed by atoms with Gasteiger partial charge in [-0.3, -0.25) is 4.79 Å². The van der Waals surface area contributed by atoms with Gasteiger partial charge in [0.15, 0.2) is 0 Å². The number of fused-ring (bicyclic) bond motifs is 1. The Kier molecular flexibility index (Phi) is 2.51. The zero-order valence-corrected chi connectivity index (χ0v) is 10.3. The molecule has 94 valence electrons. The normalized spacial score (nSPS) is 22.1. The first-order valence-electron chi connectivity index (χ1n) is 6.17. The smallest absolute Gasteiger partial charge is 0.306 e. The number of aryl methyl sites for hydroxylation is 1. The van der Waals surface area contributed by atoms with E-state index in [2.05, 4.69) is 28.2 Å². The molecular formula is C14H16N2O2. The average molecular weight is 244 g/mol. The van der Waals surface area contributed by atoms with Crippen molar-refractivity contribution in [3.8, 4) is 0 Å². The van der Waals surface area contributed by atoms with E-state index >= 15 is 0 Å². The molecule has 1 aromatic carbocycles. The molecular weight excluding hydrogens is 228 g/mol. The number of carboxylic acids is 1. The van der Waals surface area contributed by atoms with Crippen molar-refractivity contribution >= 4 is 22.6 Å². The van der Waals surface area contributed by atoms with Crippen LogP contribution in [0.25, 0.3) is 10.9 Å². The first-order valence-corrected chi connectivity index (χ1v) is 6.17. The van der Waals surface area contributed by atoms with Crippen LogP contribution in [-0.4, -0.2) is 22.2 Å². The van der Waals surface area contributed by atoms with Crippen molar-refractivity contribution in [1.82, 2.24) is 4.57 Å². The van der Waals surface area contributed by atoms with Crippen molar-refractivity contribution in [2.45, 2.75) is 6.42 Å². The summed E-state index contributed by atoms with van der Waals surface area (Å²) in [5, 5.41) is 13.4. The highest BCUT2D eigenvalue weighted by Crippen LogP contribution is 2.39. The highest BCUT2D eigenvalue weighted by atomic mass is 16.4. The van der Waals surface area contributed by atoms with Gasteiger partial charge in [-0.1, -0.05) is 18.2 Å². The summed E-state index contributed by atoms with van der Waals surface area (Å²) in [5.74, 6) is -0.534.